The molecule has 1 aliphatic rings. The second kappa shape index (κ2) is 8.66. The Morgan fingerprint density at radius 2 is 2.05 bits per heavy atom. The van der Waals surface area contributed by atoms with Gasteiger partial charge < -0.3 is 9.64 Å². The quantitative estimate of drug-likeness (QED) is 0.748. The molecule has 0 aromatic rings. The van der Waals surface area contributed by atoms with Crippen molar-refractivity contribution in [2.45, 2.75) is 60.0 Å². The lowest BCUT2D eigenvalue weighted by atomic mass is 10.1. The van der Waals surface area contributed by atoms with Gasteiger partial charge in [0.1, 0.15) is 5.60 Å². The van der Waals surface area contributed by atoms with E-state index in [1.165, 1.54) is 0 Å². The van der Waals surface area contributed by atoms with Crippen molar-refractivity contribution in [2.75, 3.05) is 13.1 Å². The number of carbonyl (C=O) groups excluding carboxylic acids is 2. The maximum Gasteiger partial charge on any atom is 0.311 e. The van der Waals surface area contributed by atoms with Crippen molar-refractivity contribution < 1.29 is 14.3 Å². The van der Waals surface area contributed by atoms with Crippen molar-refractivity contribution >= 4 is 11.9 Å². The van der Waals surface area contributed by atoms with Gasteiger partial charge in [-0.3, -0.25) is 9.59 Å². The molecule has 5 heteroatoms. The largest absolute Gasteiger partial charge is 0.460 e. The smallest absolute Gasteiger partial charge is 0.311 e. The highest BCUT2D eigenvalue weighted by Gasteiger charge is 2.33. The van der Waals surface area contributed by atoms with Crippen molar-refractivity contribution in [3.05, 3.63) is 0 Å². The molecular weight excluding hydrogens is 268 g/mol. The van der Waals surface area contributed by atoms with Crippen LogP contribution in [0.3, 0.4) is 0 Å². The molecule has 0 bridgehead atoms. The molecule has 0 aromatic carbocycles. The summed E-state index contributed by atoms with van der Waals surface area (Å²) < 4.78 is 5.35. The van der Waals surface area contributed by atoms with E-state index in [2.05, 4.69) is 6.07 Å². The van der Waals surface area contributed by atoms with Gasteiger partial charge in [-0.25, -0.2) is 0 Å². The minimum absolute atomic E-state index is 0.0476. The Labute approximate surface area is 128 Å². The summed E-state index contributed by atoms with van der Waals surface area (Å²) in [6.45, 7) is 12.1. The number of nitriles is 1. The molecule has 0 N–H and O–H groups in total. The van der Waals surface area contributed by atoms with Crippen LogP contribution in [0.1, 0.15) is 54.4 Å². The third kappa shape index (κ3) is 6.61. The molecule has 21 heavy (non-hydrogen) atoms. The van der Waals surface area contributed by atoms with Gasteiger partial charge in [0.2, 0.25) is 5.91 Å². The Kier molecular flexibility index (Phi) is 8.01. The topological polar surface area (TPSA) is 70.4 Å². The first-order valence-electron chi connectivity index (χ1n) is 7.67. The van der Waals surface area contributed by atoms with Gasteiger partial charge in [0.25, 0.3) is 0 Å². The number of hydrogen-bond acceptors (Lipinski definition) is 4. The summed E-state index contributed by atoms with van der Waals surface area (Å²) in [6.07, 6.45) is 0.886. The van der Waals surface area contributed by atoms with E-state index < -0.39 is 5.60 Å². The third-order valence-corrected chi connectivity index (χ3v) is 3.07. The number of likely N-dealkylation sites (tertiary alicyclic amines) is 1. The number of rotatable bonds is 4. The zero-order valence-corrected chi connectivity index (χ0v) is 14.1. The Balaban J connectivity index is 0.00000191. The molecule has 1 fully saturated rings. The van der Waals surface area contributed by atoms with Crippen LogP contribution in [0.2, 0.25) is 0 Å². The number of hydrogen-bond donors (Lipinski definition) is 0. The van der Waals surface area contributed by atoms with Gasteiger partial charge in [0, 0.05) is 19.5 Å². The minimum Gasteiger partial charge on any atom is -0.460 e. The molecule has 1 amide bonds. The summed E-state index contributed by atoms with van der Waals surface area (Å²) >= 11 is 0. The fourth-order valence-corrected chi connectivity index (χ4v) is 2.06. The fourth-order valence-electron chi connectivity index (χ4n) is 2.06. The standard InChI is InChI=1S/C14H22N2O3.C2H6/c1-5-11(13(18)19-14(2,3)4)9-16-8-10(7-15)6-12(16)17;1-2/h10-11H,5-6,8-9H2,1-4H3;1-2H3. The van der Waals surface area contributed by atoms with Crippen LogP contribution in [0.4, 0.5) is 0 Å². The number of nitrogens with zero attached hydrogens (tertiary/aromatic N) is 2. The first-order valence-corrected chi connectivity index (χ1v) is 7.67. The lowest BCUT2D eigenvalue weighted by Crippen LogP contribution is -2.37. The predicted molar refractivity (Wildman–Crippen MR) is 81.3 cm³/mol. The van der Waals surface area contributed by atoms with E-state index in [4.69, 9.17) is 10.00 Å². The van der Waals surface area contributed by atoms with E-state index in [0.717, 1.165) is 0 Å². The van der Waals surface area contributed by atoms with Crippen molar-refractivity contribution in [3.63, 3.8) is 0 Å². The molecule has 120 valence electrons. The lowest BCUT2D eigenvalue weighted by molar-refractivity contribution is -0.160. The summed E-state index contributed by atoms with van der Waals surface area (Å²) in [5.41, 5.74) is -0.519. The molecule has 0 spiro atoms. The number of ether oxygens (including phenoxy) is 1. The zero-order chi connectivity index (χ0) is 16.6. The van der Waals surface area contributed by atoms with E-state index >= 15 is 0 Å². The SMILES string of the molecule is CC.CCC(CN1CC(C#N)CC1=O)C(=O)OC(C)(C)C. The van der Waals surface area contributed by atoms with Crippen LogP contribution in [0.25, 0.3) is 0 Å². The van der Waals surface area contributed by atoms with Crippen LogP contribution in [0.5, 0.6) is 0 Å². The second-order valence-corrected chi connectivity index (χ2v) is 5.97. The van der Waals surface area contributed by atoms with Gasteiger partial charge in [0.05, 0.1) is 17.9 Å². The lowest BCUT2D eigenvalue weighted by Gasteiger charge is -2.26. The summed E-state index contributed by atoms with van der Waals surface area (Å²) in [6, 6.07) is 2.10. The Hall–Kier alpha value is -1.57. The van der Waals surface area contributed by atoms with Crippen LogP contribution in [0, 0.1) is 23.2 Å². The third-order valence-electron chi connectivity index (χ3n) is 3.07. The van der Waals surface area contributed by atoms with Gasteiger partial charge in [-0.15, -0.1) is 0 Å². The van der Waals surface area contributed by atoms with E-state index in [-0.39, 0.29) is 30.1 Å². The van der Waals surface area contributed by atoms with E-state index in [0.29, 0.717) is 19.5 Å². The maximum absolute atomic E-state index is 12.0. The number of amides is 1. The first kappa shape index (κ1) is 19.4. The van der Waals surface area contributed by atoms with Gasteiger partial charge in [0.15, 0.2) is 0 Å². The van der Waals surface area contributed by atoms with Crippen molar-refractivity contribution in [1.82, 2.24) is 4.90 Å². The van der Waals surface area contributed by atoms with Gasteiger partial charge in [-0.2, -0.15) is 5.26 Å². The summed E-state index contributed by atoms with van der Waals surface area (Å²) in [5, 5.41) is 8.83. The van der Waals surface area contributed by atoms with Gasteiger partial charge in [-0.05, 0) is 27.2 Å². The zero-order valence-electron chi connectivity index (χ0n) is 14.1. The average molecular weight is 296 g/mol. The van der Waals surface area contributed by atoms with E-state index in [9.17, 15) is 9.59 Å². The normalized spacial score (nSPS) is 19.4. The molecule has 0 radical (unpaired) electrons. The van der Waals surface area contributed by atoms with Crippen LogP contribution >= 0.6 is 0 Å². The van der Waals surface area contributed by atoms with Crippen LogP contribution in [-0.2, 0) is 14.3 Å². The minimum atomic E-state index is -0.519. The average Bonchev–Trinajstić information content (AvgIpc) is 2.76. The second-order valence-electron chi connectivity index (χ2n) is 5.97. The number of esters is 1. The van der Waals surface area contributed by atoms with Crippen LogP contribution < -0.4 is 0 Å². The molecule has 0 aromatic heterocycles. The molecule has 1 saturated heterocycles. The molecule has 0 saturated carbocycles. The Morgan fingerprint density at radius 3 is 2.43 bits per heavy atom. The number of carbonyl (C=O) groups is 2. The van der Waals surface area contributed by atoms with Crippen molar-refractivity contribution in [2.24, 2.45) is 11.8 Å². The molecule has 5 nitrogen and oxygen atoms in total. The highest BCUT2D eigenvalue weighted by Crippen LogP contribution is 2.21. The molecule has 1 aliphatic heterocycles. The first-order chi connectivity index (χ1) is 9.76. The van der Waals surface area contributed by atoms with E-state index in [1.54, 1.807) is 4.90 Å². The molecule has 1 heterocycles. The van der Waals surface area contributed by atoms with Crippen LogP contribution in [0.15, 0.2) is 0 Å². The predicted octanol–water partition coefficient (Wildman–Crippen LogP) is 2.75. The summed E-state index contributed by atoms with van der Waals surface area (Å²) in [7, 11) is 0. The molecule has 2 atom stereocenters. The maximum atomic E-state index is 12.0. The van der Waals surface area contributed by atoms with Crippen molar-refractivity contribution in [3.8, 4) is 6.07 Å². The monoisotopic (exact) mass is 296 g/mol. The van der Waals surface area contributed by atoms with Crippen molar-refractivity contribution in [1.29, 1.82) is 5.26 Å². The molecule has 0 aliphatic carbocycles. The molecule has 1 rings (SSSR count). The van der Waals surface area contributed by atoms with E-state index in [1.807, 2.05) is 41.5 Å². The summed E-state index contributed by atoms with van der Waals surface area (Å²) in [5.74, 6) is -0.888. The Bertz CT molecular complexity index is 393. The highest BCUT2D eigenvalue weighted by atomic mass is 16.6. The molecule has 2 unspecified atom stereocenters. The Morgan fingerprint density at radius 1 is 1.48 bits per heavy atom. The van der Waals surface area contributed by atoms with Crippen LogP contribution in [-0.4, -0.2) is 35.5 Å². The van der Waals surface area contributed by atoms with Gasteiger partial charge in [-0.1, -0.05) is 20.8 Å². The summed E-state index contributed by atoms with van der Waals surface area (Å²) in [4.78, 5) is 25.3. The fraction of sp³-hybridized carbons (Fsp3) is 0.812. The molecular formula is C16H28N2O3. The van der Waals surface area contributed by atoms with Gasteiger partial charge >= 0.3 is 5.97 Å². The highest BCUT2D eigenvalue weighted by molar-refractivity contribution is 5.80.